The number of hydrogen-bond donors (Lipinski definition) is 1. The molecule has 3 fully saturated rings. The van der Waals surface area contributed by atoms with E-state index >= 15 is 0 Å². The molecule has 3 saturated carbocycles. The molecule has 3 aliphatic rings. The molecule has 212 valence electrons. The molecule has 1 N–H and O–H groups in total. The van der Waals surface area contributed by atoms with E-state index in [9.17, 15) is 27.9 Å². The van der Waals surface area contributed by atoms with Gasteiger partial charge in [-0.1, -0.05) is 37.3 Å². The monoisotopic (exact) mass is 538 g/mol. The SMILES string of the molecule is C=C1/C(=C\C=C2/CCC[C@]3(C)C(CC/C=C/[C@@](C)(O)C(F)(F)F)CCC23)CC(OC(C)=O)C[C@@H]1OC(C)=O. The fourth-order valence-electron chi connectivity index (χ4n) is 6.60. The summed E-state index contributed by atoms with van der Waals surface area (Å²) in [5.41, 5.74) is 0.258. The van der Waals surface area contributed by atoms with Crippen LogP contribution in [0.1, 0.15) is 85.5 Å². The molecule has 0 radical (unpaired) electrons. The normalized spacial score (nSPS) is 33.8. The van der Waals surface area contributed by atoms with Crippen LogP contribution in [0.2, 0.25) is 0 Å². The third-order valence-corrected chi connectivity index (χ3v) is 8.72. The number of aliphatic hydroxyl groups is 1. The van der Waals surface area contributed by atoms with Crippen LogP contribution in [0.5, 0.6) is 0 Å². The zero-order valence-corrected chi connectivity index (χ0v) is 22.9. The molecule has 0 heterocycles. The van der Waals surface area contributed by atoms with Gasteiger partial charge in [0, 0.05) is 26.7 Å². The van der Waals surface area contributed by atoms with Crippen LogP contribution in [-0.2, 0) is 19.1 Å². The minimum absolute atomic E-state index is 0.0765. The summed E-state index contributed by atoms with van der Waals surface area (Å²) >= 11 is 0. The highest BCUT2D eigenvalue weighted by molar-refractivity contribution is 5.67. The highest BCUT2D eigenvalue weighted by Gasteiger charge is 2.49. The first-order valence-corrected chi connectivity index (χ1v) is 13.5. The molecule has 38 heavy (non-hydrogen) atoms. The van der Waals surface area contributed by atoms with Gasteiger partial charge >= 0.3 is 18.1 Å². The first-order chi connectivity index (χ1) is 17.6. The second-order valence-corrected chi connectivity index (χ2v) is 11.5. The van der Waals surface area contributed by atoms with Gasteiger partial charge in [-0.25, -0.2) is 0 Å². The van der Waals surface area contributed by atoms with Crippen molar-refractivity contribution >= 4 is 11.9 Å². The number of fused-ring (bicyclic) bond motifs is 1. The minimum Gasteiger partial charge on any atom is -0.462 e. The quantitative estimate of drug-likeness (QED) is 0.281. The average molecular weight is 539 g/mol. The number of rotatable bonds is 7. The number of hydrogen-bond acceptors (Lipinski definition) is 5. The summed E-state index contributed by atoms with van der Waals surface area (Å²) in [5.74, 6) is 0.00868. The van der Waals surface area contributed by atoms with Crippen molar-refractivity contribution in [1.29, 1.82) is 0 Å². The summed E-state index contributed by atoms with van der Waals surface area (Å²) in [6, 6.07) is 0. The molecular weight excluding hydrogens is 497 g/mol. The lowest BCUT2D eigenvalue weighted by Gasteiger charge is -2.42. The zero-order valence-electron chi connectivity index (χ0n) is 22.9. The highest BCUT2D eigenvalue weighted by atomic mass is 19.4. The van der Waals surface area contributed by atoms with Crippen molar-refractivity contribution in [2.75, 3.05) is 0 Å². The van der Waals surface area contributed by atoms with Crippen molar-refractivity contribution in [2.45, 2.75) is 109 Å². The van der Waals surface area contributed by atoms with Gasteiger partial charge in [-0.2, -0.15) is 13.2 Å². The van der Waals surface area contributed by atoms with E-state index in [0.717, 1.165) is 62.7 Å². The Labute approximate surface area is 223 Å². The molecule has 0 bridgehead atoms. The Bertz CT molecular complexity index is 1010. The smallest absolute Gasteiger partial charge is 0.420 e. The third-order valence-electron chi connectivity index (χ3n) is 8.72. The van der Waals surface area contributed by atoms with Gasteiger partial charge in [-0.3, -0.25) is 9.59 Å². The summed E-state index contributed by atoms with van der Waals surface area (Å²) in [6.45, 7) is 9.95. The van der Waals surface area contributed by atoms with Crippen LogP contribution < -0.4 is 0 Å². The second kappa shape index (κ2) is 11.8. The molecule has 8 heteroatoms. The number of esters is 2. The molecule has 0 aromatic carbocycles. The molecule has 3 rings (SSSR count). The molecule has 5 nitrogen and oxygen atoms in total. The number of ether oxygens (including phenoxy) is 2. The molecule has 0 amide bonds. The summed E-state index contributed by atoms with van der Waals surface area (Å²) in [6.07, 6.45) is 8.27. The lowest BCUT2D eigenvalue weighted by molar-refractivity contribution is -0.232. The van der Waals surface area contributed by atoms with Crippen LogP contribution in [0, 0.1) is 17.3 Å². The molecule has 0 saturated heterocycles. The van der Waals surface area contributed by atoms with Crippen LogP contribution in [0.4, 0.5) is 13.2 Å². The lowest BCUT2D eigenvalue weighted by atomic mass is 9.62. The maximum absolute atomic E-state index is 12.9. The Morgan fingerprint density at radius 1 is 1.16 bits per heavy atom. The van der Waals surface area contributed by atoms with Gasteiger partial charge in [0.15, 0.2) is 5.60 Å². The highest BCUT2D eigenvalue weighted by Crippen LogP contribution is 2.58. The lowest BCUT2D eigenvalue weighted by Crippen LogP contribution is -2.39. The van der Waals surface area contributed by atoms with Gasteiger partial charge < -0.3 is 14.6 Å². The van der Waals surface area contributed by atoms with Gasteiger partial charge in [-0.15, -0.1) is 0 Å². The predicted octanol–water partition coefficient (Wildman–Crippen LogP) is 6.92. The summed E-state index contributed by atoms with van der Waals surface area (Å²) < 4.78 is 49.6. The second-order valence-electron chi connectivity index (χ2n) is 11.5. The number of carbonyl (C=O) groups excluding carboxylic acids is 2. The summed E-state index contributed by atoms with van der Waals surface area (Å²) in [7, 11) is 0. The van der Waals surface area contributed by atoms with Gasteiger partial charge in [0.05, 0.1) is 0 Å². The van der Waals surface area contributed by atoms with E-state index < -0.39 is 23.9 Å². The molecule has 0 aromatic rings. The van der Waals surface area contributed by atoms with Gasteiger partial charge in [0.25, 0.3) is 0 Å². The fraction of sp³-hybridized carbons (Fsp3) is 0.667. The van der Waals surface area contributed by atoms with Crippen molar-refractivity contribution in [3.05, 3.63) is 47.6 Å². The molecule has 0 spiro atoms. The van der Waals surface area contributed by atoms with Gasteiger partial charge in [0.1, 0.15) is 12.2 Å². The first-order valence-electron chi connectivity index (χ1n) is 13.5. The number of alkyl halides is 3. The van der Waals surface area contributed by atoms with E-state index in [0.29, 0.717) is 31.1 Å². The van der Waals surface area contributed by atoms with E-state index in [1.165, 1.54) is 25.5 Å². The number of halogens is 3. The third kappa shape index (κ3) is 6.99. The van der Waals surface area contributed by atoms with Crippen molar-refractivity contribution in [2.24, 2.45) is 17.3 Å². The Morgan fingerprint density at radius 3 is 2.47 bits per heavy atom. The minimum atomic E-state index is -4.69. The molecule has 3 aliphatic carbocycles. The summed E-state index contributed by atoms with van der Waals surface area (Å²) in [4.78, 5) is 23.2. The van der Waals surface area contributed by atoms with Crippen LogP contribution >= 0.6 is 0 Å². The van der Waals surface area contributed by atoms with Crippen molar-refractivity contribution in [1.82, 2.24) is 0 Å². The van der Waals surface area contributed by atoms with Crippen molar-refractivity contribution in [3.63, 3.8) is 0 Å². The van der Waals surface area contributed by atoms with Crippen LogP contribution in [0.15, 0.2) is 47.6 Å². The fourth-order valence-corrected chi connectivity index (χ4v) is 6.60. The first kappa shape index (κ1) is 30.2. The maximum atomic E-state index is 12.9. The average Bonchev–Trinajstić information content (AvgIpc) is 3.13. The Balaban J connectivity index is 1.72. The van der Waals surface area contributed by atoms with E-state index in [1.54, 1.807) is 0 Å². The topological polar surface area (TPSA) is 72.8 Å². The van der Waals surface area contributed by atoms with Crippen LogP contribution in [0.25, 0.3) is 0 Å². The predicted molar refractivity (Wildman–Crippen MR) is 139 cm³/mol. The number of allylic oxidation sites excluding steroid dienone is 4. The number of carbonyl (C=O) groups is 2. The van der Waals surface area contributed by atoms with Gasteiger partial charge in [0.2, 0.25) is 0 Å². The Morgan fingerprint density at radius 2 is 1.84 bits per heavy atom. The Hall–Kier alpha value is -2.35. The van der Waals surface area contributed by atoms with Crippen molar-refractivity contribution in [3.8, 4) is 0 Å². The standard InChI is InChI=1S/C30H41F3O5/c1-19-23(17-25(37-20(2)34)18-27(19)38-21(3)35)12-11-22-9-8-15-28(4)24(13-14-26(22)28)10-6-7-16-29(5,36)30(31,32)33/h7,11-12,16,24-27,36H,1,6,8-10,13-15,17-18H2,2-5H3/b16-7+,22-11+,23-12-/t24?,25?,26?,27-,28+,29+/m0/s1. The maximum Gasteiger partial charge on any atom is 0.420 e. The largest absolute Gasteiger partial charge is 0.462 e. The van der Waals surface area contributed by atoms with E-state index in [-0.39, 0.29) is 17.5 Å². The summed E-state index contributed by atoms with van der Waals surface area (Å²) in [5, 5.41) is 9.64. The zero-order chi connectivity index (χ0) is 28.3. The van der Waals surface area contributed by atoms with Gasteiger partial charge in [-0.05, 0) is 86.3 Å². The van der Waals surface area contributed by atoms with E-state index in [2.05, 4.69) is 19.6 Å². The molecule has 0 aliphatic heterocycles. The molecular formula is C30H41F3O5. The molecule has 0 aromatic heterocycles. The Kier molecular flexibility index (Phi) is 9.38. The molecule has 3 unspecified atom stereocenters. The van der Waals surface area contributed by atoms with Crippen LogP contribution in [-0.4, -0.2) is 41.0 Å². The molecule has 6 atom stereocenters. The van der Waals surface area contributed by atoms with E-state index in [1.807, 2.05) is 6.08 Å². The van der Waals surface area contributed by atoms with Crippen molar-refractivity contribution < 1.29 is 37.3 Å². The van der Waals surface area contributed by atoms with Crippen LogP contribution in [0.3, 0.4) is 0 Å². The van der Waals surface area contributed by atoms with E-state index in [4.69, 9.17) is 9.47 Å².